The molecule has 1 aliphatic heterocycles. The topological polar surface area (TPSA) is 41.1 Å². The molecule has 1 spiro atoms. The van der Waals surface area contributed by atoms with Crippen LogP contribution in [0.25, 0.3) is 0 Å². The van der Waals surface area contributed by atoms with Crippen molar-refractivity contribution >= 4 is 16.7 Å². The number of nitrogens with zero attached hydrogens (tertiary/aromatic N) is 3. The van der Waals surface area contributed by atoms with E-state index in [4.69, 9.17) is 0 Å². The Morgan fingerprint density at radius 1 is 1.20 bits per heavy atom. The number of hydrogen-bond donors (Lipinski definition) is 1. The van der Waals surface area contributed by atoms with Gasteiger partial charge in [0.1, 0.15) is 0 Å². The van der Waals surface area contributed by atoms with Crippen LogP contribution in [0, 0.1) is 0 Å². The number of anilines is 1. The first-order valence-corrected chi connectivity index (χ1v) is 7.68. The molecule has 0 unspecified atom stereocenters. The molecule has 0 aromatic carbocycles. The summed E-state index contributed by atoms with van der Waals surface area (Å²) in [5.74, 6) is -1.01. The molecule has 1 aliphatic carbocycles. The van der Waals surface area contributed by atoms with E-state index >= 15 is 0 Å². The molecule has 2 heterocycles. The fraction of sp³-hybridized carbons (Fsp3) is 0.833. The predicted molar refractivity (Wildman–Crippen MR) is 70.9 cm³/mol. The highest BCUT2D eigenvalue weighted by Gasteiger charge is 2.43. The van der Waals surface area contributed by atoms with Gasteiger partial charge in [0.15, 0.2) is 0 Å². The smallest absolute Gasteiger partial charge is 0.339 e. The second kappa shape index (κ2) is 5.14. The lowest BCUT2D eigenvalue weighted by molar-refractivity contribution is -0.144. The van der Waals surface area contributed by atoms with Crippen LogP contribution < -0.4 is 10.2 Å². The third-order valence-corrected chi connectivity index (χ3v) is 4.96. The van der Waals surface area contributed by atoms with Crippen molar-refractivity contribution in [1.82, 2.24) is 14.7 Å². The normalized spacial score (nSPS) is 23.2. The summed E-state index contributed by atoms with van der Waals surface area (Å²) in [6.45, 7) is 2.31. The zero-order chi connectivity index (χ0) is 14.2. The Kier molecular flexibility index (Phi) is 3.62. The molecule has 1 saturated heterocycles. The minimum atomic E-state index is -4.46. The highest BCUT2D eigenvalue weighted by atomic mass is 32.1. The van der Waals surface area contributed by atoms with Crippen molar-refractivity contribution in [2.75, 3.05) is 24.5 Å². The van der Waals surface area contributed by atoms with Gasteiger partial charge in [-0.1, -0.05) is 19.3 Å². The molecule has 0 bridgehead atoms. The fourth-order valence-corrected chi connectivity index (χ4v) is 4.06. The van der Waals surface area contributed by atoms with E-state index in [1.807, 2.05) is 0 Å². The zero-order valence-corrected chi connectivity index (χ0v) is 11.9. The fourth-order valence-electron chi connectivity index (χ4n) is 3.24. The number of nitrogens with one attached hydrogen (secondary N) is 1. The summed E-state index contributed by atoms with van der Waals surface area (Å²) in [6, 6.07) is 0. The van der Waals surface area contributed by atoms with Gasteiger partial charge in [0.25, 0.3) is 0 Å². The summed E-state index contributed by atoms with van der Waals surface area (Å²) < 4.78 is 41.4. The lowest BCUT2D eigenvalue weighted by Gasteiger charge is -2.49. The molecular formula is C12H17F3N4S. The number of hydrogen-bond acceptors (Lipinski definition) is 5. The third-order valence-electron chi connectivity index (χ3n) is 4.22. The summed E-state index contributed by atoms with van der Waals surface area (Å²) in [7, 11) is 0. The quantitative estimate of drug-likeness (QED) is 0.866. The molecule has 20 heavy (non-hydrogen) atoms. The van der Waals surface area contributed by atoms with Crippen LogP contribution in [0.1, 0.15) is 37.9 Å². The van der Waals surface area contributed by atoms with Crippen LogP contribution in [0.4, 0.5) is 18.3 Å². The van der Waals surface area contributed by atoms with Crippen LogP contribution in [0.3, 0.4) is 0 Å². The van der Waals surface area contributed by atoms with Crippen molar-refractivity contribution in [1.29, 1.82) is 0 Å². The Balaban J connectivity index is 1.88. The molecule has 1 saturated carbocycles. The van der Waals surface area contributed by atoms with Crippen molar-refractivity contribution in [3.8, 4) is 0 Å². The van der Waals surface area contributed by atoms with Gasteiger partial charge in [0.2, 0.25) is 11.0 Å². The molecule has 0 radical (unpaired) electrons. The highest BCUT2D eigenvalue weighted by molar-refractivity contribution is 7.09. The molecule has 112 valence electrons. The third kappa shape index (κ3) is 2.50. The average Bonchev–Trinajstić information content (AvgIpc) is 2.89. The average molecular weight is 306 g/mol. The first kappa shape index (κ1) is 14.1. The van der Waals surface area contributed by atoms with Gasteiger partial charge in [0.05, 0.1) is 5.54 Å². The first-order valence-electron chi connectivity index (χ1n) is 6.91. The molecule has 3 rings (SSSR count). The van der Waals surface area contributed by atoms with Crippen molar-refractivity contribution in [2.45, 2.75) is 43.8 Å². The van der Waals surface area contributed by atoms with E-state index in [1.54, 1.807) is 0 Å². The van der Waals surface area contributed by atoms with E-state index in [2.05, 4.69) is 19.6 Å². The number of piperazine rings is 1. The maximum Gasteiger partial charge on any atom is 0.452 e. The summed E-state index contributed by atoms with van der Waals surface area (Å²) in [6.07, 6.45) is 1.04. The standard InChI is InChI=1S/C12H17F3N4S/c13-12(14,15)9-17-10(20-18-9)19-7-6-16-8-11(19)4-2-1-3-5-11/h16H,1-8H2. The molecule has 8 heteroatoms. The van der Waals surface area contributed by atoms with Crippen LogP contribution in [-0.2, 0) is 6.18 Å². The maximum absolute atomic E-state index is 12.7. The van der Waals surface area contributed by atoms with Crippen molar-refractivity contribution < 1.29 is 13.2 Å². The van der Waals surface area contributed by atoms with Crippen LogP contribution in [-0.4, -0.2) is 34.5 Å². The molecule has 1 aromatic heterocycles. The SMILES string of the molecule is FC(F)(F)c1nsc(N2CCNCC23CCCCC3)n1. The summed E-state index contributed by atoms with van der Waals surface area (Å²) in [5, 5.41) is 3.79. The summed E-state index contributed by atoms with van der Waals surface area (Å²) >= 11 is 0.868. The highest BCUT2D eigenvalue weighted by Crippen LogP contribution is 2.39. The zero-order valence-electron chi connectivity index (χ0n) is 11.0. The second-order valence-corrected chi connectivity index (χ2v) is 6.24. The van der Waals surface area contributed by atoms with Gasteiger partial charge in [-0.15, -0.1) is 0 Å². The van der Waals surface area contributed by atoms with E-state index < -0.39 is 12.0 Å². The number of aromatic nitrogens is 2. The van der Waals surface area contributed by atoms with Crippen LogP contribution in [0.2, 0.25) is 0 Å². The van der Waals surface area contributed by atoms with Crippen molar-refractivity contribution in [3.63, 3.8) is 0 Å². The largest absolute Gasteiger partial charge is 0.452 e. The molecule has 2 aliphatic rings. The van der Waals surface area contributed by atoms with Crippen LogP contribution >= 0.6 is 11.5 Å². The molecular weight excluding hydrogens is 289 g/mol. The summed E-state index contributed by atoms with van der Waals surface area (Å²) in [4.78, 5) is 5.80. The predicted octanol–water partition coefficient (Wildman–Crippen LogP) is 2.67. The Labute approximate surface area is 119 Å². The molecule has 0 atom stereocenters. The Morgan fingerprint density at radius 2 is 1.95 bits per heavy atom. The van der Waals surface area contributed by atoms with E-state index in [-0.39, 0.29) is 5.54 Å². The van der Waals surface area contributed by atoms with E-state index in [0.717, 1.165) is 50.3 Å². The van der Waals surface area contributed by atoms with Crippen molar-refractivity contribution in [2.24, 2.45) is 0 Å². The van der Waals surface area contributed by atoms with Crippen LogP contribution in [0.5, 0.6) is 0 Å². The first-order chi connectivity index (χ1) is 9.51. The van der Waals surface area contributed by atoms with Gasteiger partial charge >= 0.3 is 6.18 Å². The Hall–Kier alpha value is -0.890. The number of alkyl halides is 3. The summed E-state index contributed by atoms with van der Waals surface area (Å²) in [5.41, 5.74) is -0.0705. The minimum absolute atomic E-state index is 0.0705. The number of rotatable bonds is 1. The van der Waals surface area contributed by atoms with Crippen LogP contribution in [0.15, 0.2) is 0 Å². The van der Waals surface area contributed by atoms with Gasteiger partial charge < -0.3 is 10.2 Å². The Morgan fingerprint density at radius 3 is 2.60 bits per heavy atom. The van der Waals surface area contributed by atoms with Gasteiger partial charge in [0, 0.05) is 31.2 Å². The lowest BCUT2D eigenvalue weighted by atomic mass is 9.79. The minimum Gasteiger partial charge on any atom is -0.339 e. The van der Waals surface area contributed by atoms with Crippen molar-refractivity contribution in [3.05, 3.63) is 5.82 Å². The van der Waals surface area contributed by atoms with Gasteiger partial charge in [-0.05, 0) is 12.8 Å². The molecule has 2 fully saturated rings. The monoisotopic (exact) mass is 306 g/mol. The van der Waals surface area contributed by atoms with Gasteiger partial charge in [-0.25, -0.2) is 0 Å². The molecule has 1 aromatic rings. The van der Waals surface area contributed by atoms with E-state index in [0.29, 0.717) is 11.7 Å². The lowest BCUT2D eigenvalue weighted by Crippen LogP contribution is -2.62. The van der Waals surface area contributed by atoms with E-state index in [9.17, 15) is 13.2 Å². The molecule has 1 N–H and O–H groups in total. The number of halogens is 3. The molecule has 4 nitrogen and oxygen atoms in total. The second-order valence-electron chi connectivity index (χ2n) is 5.51. The van der Waals surface area contributed by atoms with E-state index in [1.165, 1.54) is 6.42 Å². The molecule has 0 amide bonds. The van der Waals surface area contributed by atoms with Gasteiger partial charge in [-0.3, -0.25) is 0 Å². The van der Waals surface area contributed by atoms with Gasteiger partial charge in [-0.2, -0.15) is 22.5 Å². The maximum atomic E-state index is 12.7. The Bertz CT molecular complexity index is 459.